The van der Waals surface area contributed by atoms with Crippen molar-refractivity contribution in [2.75, 3.05) is 0 Å². The second-order valence-electron chi connectivity index (χ2n) is 10.2. The van der Waals surface area contributed by atoms with Gasteiger partial charge in [0, 0.05) is 21.3 Å². The summed E-state index contributed by atoms with van der Waals surface area (Å²) in [7, 11) is 2.06. The van der Waals surface area contributed by atoms with E-state index in [1.165, 1.54) is 5.56 Å². The molecule has 0 aliphatic rings. The number of aromatic nitrogens is 1. The maximum absolute atomic E-state index is 8.23. The second kappa shape index (κ2) is 7.44. The first-order valence-electron chi connectivity index (χ1n) is 11.9. The molecule has 2 aromatic carbocycles. The van der Waals surface area contributed by atoms with Crippen LogP contribution in [-0.2, 0) is 17.9 Å². The zero-order valence-corrected chi connectivity index (χ0v) is 19.1. The predicted molar refractivity (Wildman–Crippen MR) is 125 cm³/mol. The maximum Gasteiger partial charge on any atom is 0.212 e. The molecule has 0 saturated carbocycles. The van der Waals surface area contributed by atoms with E-state index in [1.807, 2.05) is 31.2 Å². The summed E-state index contributed by atoms with van der Waals surface area (Å²) in [6, 6.07) is 16.4. The minimum absolute atomic E-state index is 0.0628. The van der Waals surface area contributed by atoms with Crippen LogP contribution in [0, 0.1) is 13.8 Å². The molecule has 1 aromatic heterocycles. The summed E-state index contributed by atoms with van der Waals surface area (Å²) in [5, 5.41) is 0. The van der Waals surface area contributed by atoms with Crippen LogP contribution in [0.5, 0.6) is 0 Å². The van der Waals surface area contributed by atoms with Crippen LogP contribution in [0.3, 0.4) is 0 Å². The Morgan fingerprint density at radius 2 is 1.45 bits per heavy atom. The third-order valence-corrected chi connectivity index (χ3v) is 5.67. The van der Waals surface area contributed by atoms with E-state index in [0.717, 1.165) is 33.5 Å². The summed E-state index contributed by atoms with van der Waals surface area (Å²) in [4.78, 5) is 0. The first-order chi connectivity index (χ1) is 14.6. The van der Waals surface area contributed by atoms with Gasteiger partial charge in [-0.3, -0.25) is 0 Å². The Morgan fingerprint density at radius 3 is 2.03 bits per heavy atom. The van der Waals surface area contributed by atoms with Crippen molar-refractivity contribution in [1.29, 1.82) is 0 Å². The number of aryl methyl sites for hydroxylation is 3. The summed E-state index contributed by atoms with van der Waals surface area (Å²) in [5.41, 5.74) is 7.64. The van der Waals surface area contributed by atoms with Crippen molar-refractivity contribution in [2.24, 2.45) is 7.05 Å². The zero-order valence-electron chi connectivity index (χ0n) is 22.1. The number of pyridine rings is 1. The highest BCUT2D eigenvalue weighted by Gasteiger charge is 2.23. The number of rotatable bonds is 2. The Hall–Kier alpha value is -2.41. The van der Waals surface area contributed by atoms with Gasteiger partial charge in [0.2, 0.25) is 5.69 Å². The minimum atomic E-state index is -2.19. The molecule has 1 heterocycles. The van der Waals surface area contributed by atoms with Gasteiger partial charge in [0.25, 0.3) is 0 Å². The largest absolute Gasteiger partial charge is 0.212 e. The molecule has 1 heteroatoms. The van der Waals surface area contributed by atoms with E-state index in [2.05, 4.69) is 83.6 Å². The Kier molecular flexibility index (Phi) is 4.48. The Morgan fingerprint density at radius 1 is 0.759 bits per heavy atom. The Labute approximate surface area is 181 Å². The van der Waals surface area contributed by atoms with Crippen LogP contribution in [0.2, 0.25) is 0 Å². The fraction of sp³-hybridized carbons (Fsp3) is 0.393. The Bertz CT molecular complexity index is 1140. The molecule has 3 aromatic rings. The number of hydrogen-bond acceptors (Lipinski definition) is 0. The maximum atomic E-state index is 8.23. The molecule has 29 heavy (non-hydrogen) atoms. The summed E-state index contributed by atoms with van der Waals surface area (Å²) in [5.74, 6) is 0. The molecule has 0 N–H and O–H groups in total. The van der Waals surface area contributed by atoms with Crippen LogP contribution in [0.25, 0.3) is 22.4 Å². The van der Waals surface area contributed by atoms with Gasteiger partial charge in [0.05, 0.1) is 0 Å². The van der Waals surface area contributed by atoms with Crippen LogP contribution in [0.15, 0.2) is 54.7 Å². The van der Waals surface area contributed by atoms with Crippen molar-refractivity contribution in [3.8, 4) is 22.4 Å². The average Bonchev–Trinajstić information content (AvgIpc) is 2.66. The lowest BCUT2D eigenvalue weighted by atomic mass is 9.80. The smallest absolute Gasteiger partial charge is 0.201 e. The zero-order chi connectivity index (χ0) is 24.1. The van der Waals surface area contributed by atoms with Gasteiger partial charge in [-0.05, 0) is 64.6 Å². The fourth-order valence-corrected chi connectivity index (χ4v) is 3.91. The second-order valence-corrected chi connectivity index (χ2v) is 10.2. The van der Waals surface area contributed by atoms with Crippen LogP contribution in [-0.4, -0.2) is 0 Å². The normalized spacial score (nSPS) is 14.3. The molecule has 1 nitrogen and oxygen atoms in total. The lowest BCUT2D eigenvalue weighted by molar-refractivity contribution is -0.661. The summed E-state index contributed by atoms with van der Waals surface area (Å²) >= 11 is 0. The summed E-state index contributed by atoms with van der Waals surface area (Å²) in [6.45, 7) is 12.9. The number of benzene rings is 2. The molecular formula is C28H36N+. The molecule has 0 aliphatic heterocycles. The molecule has 0 fully saturated rings. The van der Waals surface area contributed by atoms with Crippen LogP contribution in [0.4, 0.5) is 0 Å². The van der Waals surface area contributed by atoms with Crippen LogP contribution in [0.1, 0.15) is 67.9 Å². The van der Waals surface area contributed by atoms with Gasteiger partial charge in [-0.2, -0.15) is 0 Å². The Balaban J connectivity index is 2.33. The highest BCUT2D eigenvalue weighted by atomic mass is 14.9. The standard InChI is InChI=1S/C28H36N/c1-19-16-20(2)24(26-15-14-21(18-29(26)9)27(3,4)5)17-23(19)22-12-10-11-13-25(22)28(6,7)8/h10-18H,1-9H3/q+1/i1D3. The van der Waals surface area contributed by atoms with Crippen molar-refractivity contribution in [3.05, 3.63) is 77.0 Å². The van der Waals surface area contributed by atoms with Gasteiger partial charge < -0.3 is 0 Å². The number of nitrogens with zero attached hydrogens (tertiary/aromatic N) is 1. The van der Waals surface area contributed by atoms with Crippen molar-refractivity contribution in [1.82, 2.24) is 0 Å². The molecule has 3 rings (SSSR count). The average molecular weight is 390 g/mol. The molecule has 0 radical (unpaired) electrons. The van der Waals surface area contributed by atoms with Gasteiger partial charge in [0.1, 0.15) is 7.05 Å². The van der Waals surface area contributed by atoms with E-state index >= 15 is 0 Å². The minimum Gasteiger partial charge on any atom is -0.201 e. The van der Waals surface area contributed by atoms with Gasteiger partial charge in [-0.25, -0.2) is 4.57 Å². The molecular weight excluding hydrogens is 350 g/mol. The quantitative estimate of drug-likeness (QED) is 0.413. The van der Waals surface area contributed by atoms with Gasteiger partial charge in [-0.1, -0.05) is 71.9 Å². The summed E-state index contributed by atoms with van der Waals surface area (Å²) < 4.78 is 26.8. The van der Waals surface area contributed by atoms with Crippen molar-refractivity contribution in [3.63, 3.8) is 0 Å². The van der Waals surface area contributed by atoms with E-state index in [4.69, 9.17) is 4.11 Å². The van der Waals surface area contributed by atoms with Crippen LogP contribution < -0.4 is 4.57 Å². The van der Waals surface area contributed by atoms with E-state index < -0.39 is 6.85 Å². The topological polar surface area (TPSA) is 3.88 Å². The van der Waals surface area contributed by atoms with Gasteiger partial charge in [0.15, 0.2) is 6.20 Å². The molecule has 0 bridgehead atoms. The fourth-order valence-electron chi connectivity index (χ4n) is 3.91. The van der Waals surface area contributed by atoms with E-state index in [0.29, 0.717) is 5.56 Å². The third kappa shape index (κ3) is 4.29. The van der Waals surface area contributed by atoms with E-state index in [1.54, 1.807) is 0 Å². The molecule has 0 amide bonds. The van der Waals surface area contributed by atoms with Gasteiger partial charge in [-0.15, -0.1) is 0 Å². The molecule has 0 aliphatic carbocycles. The van der Waals surface area contributed by atoms with Crippen molar-refractivity contribution < 1.29 is 8.68 Å². The lowest BCUT2D eigenvalue weighted by Crippen LogP contribution is -2.33. The lowest BCUT2D eigenvalue weighted by Gasteiger charge is -2.24. The van der Waals surface area contributed by atoms with Crippen LogP contribution >= 0.6 is 0 Å². The van der Waals surface area contributed by atoms with E-state index in [9.17, 15) is 0 Å². The van der Waals surface area contributed by atoms with E-state index in [-0.39, 0.29) is 10.8 Å². The van der Waals surface area contributed by atoms with Crippen molar-refractivity contribution in [2.45, 2.75) is 66.1 Å². The highest BCUT2D eigenvalue weighted by molar-refractivity contribution is 5.78. The highest BCUT2D eigenvalue weighted by Crippen LogP contribution is 2.37. The SMILES string of the molecule is [2H]C([2H])([2H])c1cc(C)c(-c2ccc(C(C)(C)C)c[n+]2C)cc1-c1ccccc1C(C)(C)C. The first-order valence-corrected chi connectivity index (χ1v) is 10.4. The van der Waals surface area contributed by atoms with Gasteiger partial charge >= 0.3 is 0 Å². The number of hydrogen-bond donors (Lipinski definition) is 0. The molecule has 0 atom stereocenters. The molecule has 0 spiro atoms. The third-order valence-electron chi connectivity index (χ3n) is 5.67. The van der Waals surface area contributed by atoms with Crippen molar-refractivity contribution >= 4 is 0 Å². The summed E-state index contributed by atoms with van der Waals surface area (Å²) in [6.07, 6.45) is 2.18. The molecule has 0 saturated heterocycles. The first kappa shape index (κ1) is 17.4. The molecule has 0 unspecified atom stereocenters. The predicted octanol–water partition coefficient (Wildman–Crippen LogP) is 7.06. The molecule has 152 valence electrons. The monoisotopic (exact) mass is 389 g/mol.